The number of hydrogen-bond acceptors (Lipinski definition) is 3. The van der Waals surface area contributed by atoms with Gasteiger partial charge in [0.2, 0.25) is 5.91 Å². The highest BCUT2D eigenvalue weighted by Gasteiger charge is 2.44. The van der Waals surface area contributed by atoms with Gasteiger partial charge in [0.05, 0.1) is 13.7 Å². The number of carbonyl (C=O) groups excluding carboxylic acids is 2. The van der Waals surface area contributed by atoms with E-state index >= 15 is 0 Å². The summed E-state index contributed by atoms with van der Waals surface area (Å²) >= 11 is 0. The van der Waals surface area contributed by atoms with Gasteiger partial charge in [-0.2, -0.15) is 0 Å². The molecule has 0 bridgehead atoms. The molecular formula is C7H9F2NO3. The van der Waals surface area contributed by atoms with E-state index in [1.54, 1.807) is 0 Å². The van der Waals surface area contributed by atoms with Crippen molar-refractivity contribution in [2.45, 2.75) is 12.3 Å². The number of alkyl halides is 2. The molecule has 4 nitrogen and oxygen atoms in total. The first-order chi connectivity index (χ1) is 5.96. The van der Waals surface area contributed by atoms with E-state index in [1.807, 2.05) is 5.32 Å². The zero-order chi connectivity index (χ0) is 10.1. The van der Waals surface area contributed by atoms with Crippen molar-refractivity contribution in [3.05, 3.63) is 0 Å². The van der Waals surface area contributed by atoms with Crippen LogP contribution in [0, 0.1) is 5.92 Å². The molecular weight excluding hydrogens is 184 g/mol. The molecule has 1 fully saturated rings. The van der Waals surface area contributed by atoms with Gasteiger partial charge in [-0.05, 0) is 0 Å². The number of halogens is 2. The smallest absolute Gasteiger partial charge is 0.318 e. The summed E-state index contributed by atoms with van der Waals surface area (Å²) in [6.45, 7) is -0.709. The Morgan fingerprint density at radius 2 is 2.31 bits per heavy atom. The molecule has 74 valence electrons. The summed E-state index contributed by atoms with van der Waals surface area (Å²) in [4.78, 5) is 21.8. The Balaban J connectivity index is 2.71. The maximum atomic E-state index is 12.7. The Morgan fingerprint density at radius 1 is 1.69 bits per heavy atom. The van der Waals surface area contributed by atoms with Gasteiger partial charge < -0.3 is 10.1 Å². The minimum absolute atomic E-state index is 0.697. The molecule has 0 saturated carbocycles. The van der Waals surface area contributed by atoms with Crippen molar-refractivity contribution < 1.29 is 23.1 Å². The number of esters is 1. The second-order valence-electron chi connectivity index (χ2n) is 2.85. The van der Waals surface area contributed by atoms with Crippen molar-refractivity contribution in [3.63, 3.8) is 0 Å². The van der Waals surface area contributed by atoms with Crippen molar-refractivity contribution in [1.82, 2.24) is 5.32 Å². The molecule has 0 radical (unpaired) electrons. The van der Waals surface area contributed by atoms with Crippen molar-refractivity contribution in [1.29, 1.82) is 0 Å². The van der Waals surface area contributed by atoms with Crippen LogP contribution in [0.2, 0.25) is 0 Å². The van der Waals surface area contributed by atoms with Crippen LogP contribution < -0.4 is 5.32 Å². The number of hydrogen-bond donors (Lipinski definition) is 1. The second kappa shape index (κ2) is 3.27. The fraction of sp³-hybridized carbons (Fsp3) is 0.714. The van der Waals surface area contributed by atoms with Crippen molar-refractivity contribution >= 4 is 11.9 Å². The minimum Gasteiger partial charge on any atom is -0.468 e. The normalized spacial score (nSPS) is 26.4. The summed E-state index contributed by atoms with van der Waals surface area (Å²) in [6.07, 6.45) is -0.772. The lowest BCUT2D eigenvalue weighted by atomic mass is 9.96. The molecule has 1 unspecified atom stereocenters. The summed E-state index contributed by atoms with van der Waals surface area (Å²) in [5.41, 5.74) is 0. The van der Waals surface area contributed by atoms with Gasteiger partial charge in [-0.3, -0.25) is 9.59 Å². The SMILES string of the molecule is COC(=O)C1CC(F)(F)CNC1=O. The van der Waals surface area contributed by atoms with Crippen LogP contribution in [0.25, 0.3) is 0 Å². The molecule has 1 rings (SSSR count). The average molecular weight is 193 g/mol. The van der Waals surface area contributed by atoms with Gasteiger partial charge in [-0.25, -0.2) is 8.78 Å². The van der Waals surface area contributed by atoms with E-state index in [9.17, 15) is 18.4 Å². The first-order valence-corrected chi connectivity index (χ1v) is 3.69. The fourth-order valence-electron chi connectivity index (χ4n) is 1.14. The van der Waals surface area contributed by atoms with Gasteiger partial charge in [-0.15, -0.1) is 0 Å². The third-order valence-electron chi connectivity index (χ3n) is 1.83. The molecule has 0 spiro atoms. The lowest BCUT2D eigenvalue weighted by Crippen LogP contribution is -2.50. The third-order valence-corrected chi connectivity index (χ3v) is 1.83. The Bertz CT molecular complexity index is 234. The molecule has 1 atom stereocenters. The van der Waals surface area contributed by atoms with Crippen LogP contribution in [0.15, 0.2) is 0 Å². The Hall–Kier alpha value is -1.20. The number of carbonyl (C=O) groups is 2. The van der Waals surface area contributed by atoms with Gasteiger partial charge in [0.15, 0.2) is 0 Å². The van der Waals surface area contributed by atoms with Crippen molar-refractivity contribution in [2.24, 2.45) is 5.92 Å². The number of rotatable bonds is 1. The topological polar surface area (TPSA) is 55.4 Å². The standard InChI is InChI=1S/C7H9F2NO3/c1-13-6(12)4-2-7(8,9)3-10-5(4)11/h4H,2-3H2,1H3,(H,10,11). The van der Waals surface area contributed by atoms with E-state index in [4.69, 9.17) is 0 Å². The molecule has 0 aromatic rings. The van der Waals surface area contributed by atoms with Crippen molar-refractivity contribution in [3.8, 4) is 0 Å². The lowest BCUT2D eigenvalue weighted by molar-refractivity contribution is -0.158. The highest BCUT2D eigenvalue weighted by molar-refractivity contribution is 5.98. The van der Waals surface area contributed by atoms with Crippen LogP contribution in [0.5, 0.6) is 0 Å². The first-order valence-electron chi connectivity index (χ1n) is 3.69. The minimum atomic E-state index is -3.02. The van der Waals surface area contributed by atoms with Crippen LogP contribution >= 0.6 is 0 Å². The number of ether oxygens (including phenoxy) is 1. The Kier molecular flexibility index (Phi) is 2.49. The molecule has 1 N–H and O–H groups in total. The van der Waals surface area contributed by atoms with E-state index in [0.29, 0.717) is 0 Å². The van der Waals surface area contributed by atoms with E-state index in [-0.39, 0.29) is 0 Å². The molecule has 13 heavy (non-hydrogen) atoms. The van der Waals surface area contributed by atoms with Crippen LogP contribution in [-0.4, -0.2) is 31.5 Å². The Morgan fingerprint density at radius 3 is 2.85 bits per heavy atom. The molecule has 0 aromatic carbocycles. The van der Waals surface area contributed by atoms with Crippen LogP contribution in [0.4, 0.5) is 8.78 Å². The summed E-state index contributed by atoms with van der Waals surface area (Å²) in [6, 6.07) is 0. The first kappa shape index (κ1) is 9.88. The van der Waals surface area contributed by atoms with Crippen LogP contribution in [0.3, 0.4) is 0 Å². The lowest BCUT2D eigenvalue weighted by Gasteiger charge is -2.26. The third kappa shape index (κ3) is 2.13. The second-order valence-corrected chi connectivity index (χ2v) is 2.85. The van der Waals surface area contributed by atoms with Gasteiger partial charge >= 0.3 is 5.97 Å². The number of amides is 1. The molecule has 0 aromatic heterocycles. The van der Waals surface area contributed by atoms with Gasteiger partial charge in [-0.1, -0.05) is 0 Å². The molecule has 1 saturated heterocycles. The summed E-state index contributed by atoms with van der Waals surface area (Å²) < 4.78 is 29.6. The van der Waals surface area contributed by atoms with Crippen LogP contribution in [0.1, 0.15) is 6.42 Å². The highest BCUT2D eigenvalue weighted by Crippen LogP contribution is 2.27. The predicted molar refractivity (Wildman–Crippen MR) is 38.1 cm³/mol. The molecule has 1 aliphatic heterocycles. The van der Waals surface area contributed by atoms with Gasteiger partial charge in [0.1, 0.15) is 5.92 Å². The van der Waals surface area contributed by atoms with Gasteiger partial charge in [0.25, 0.3) is 5.92 Å². The number of methoxy groups -OCH3 is 1. The molecule has 1 heterocycles. The van der Waals surface area contributed by atoms with E-state index in [1.165, 1.54) is 0 Å². The van der Waals surface area contributed by atoms with Crippen molar-refractivity contribution in [2.75, 3.05) is 13.7 Å². The molecule has 1 aliphatic rings. The summed E-state index contributed by atoms with van der Waals surface area (Å²) in [7, 11) is 1.06. The Labute approximate surface area is 73.2 Å². The zero-order valence-corrected chi connectivity index (χ0v) is 6.97. The molecule has 6 heteroatoms. The molecule has 1 amide bonds. The zero-order valence-electron chi connectivity index (χ0n) is 6.97. The van der Waals surface area contributed by atoms with E-state index < -0.39 is 36.7 Å². The largest absolute Gasteiger partial charge is 0.468 e. The molecule has 0 aliphatic carbocycles. The summed E-state index contributed by atoms with van der Waals surface area (Å²) in [5.74, 6) is -6.02. The van der Waals surface area contributed by atoms with Gasteiger partial charge in [0, 0.05) is 6.42 Å². The maximum Gasteiger partial charge on any atom is 0.318 e. The van der Waals surface area contributed by atoms with E-state index in [0.717, 1.165) is 7.11 Å². The predicted octanol–water partition coefficient (Wildman–Crippen LogP) is -0.0692. The highest BCUT2D eigenvalue weighted by atomic mass is 19.3. The average Bonchev–Trinajstić information content (AvgIpc) is 2.08. The monoisotopic (exact) mass is 193 g/mol. The number of piperidine rings is 1. The van der Waals surface area contributed by atoms with Crippen LogP contribution in [-0.2, 0) is 14.3 Å². The fourth-order valence-corrected chi connectivity index (χ4v) is 1.14. The number of nitrogens with one attached hydrogen (secondary N) is 1. The quantitative estimate of drug-likeness (QED) is 0.468. The maximum absolute atomic E-state index is 12.7. The van der Waals surface area contributed by atoms with E-state index in [2.05, 4.69) is 4.74 Å². The summed E-state index contributed by atoms with van der Waals surface area (Å²) in [5, 5.41) is 1.95.